The number of guanidine groups is 1. The molecule has 1 saturated heterocycles. The highest BCUT2D eigenvalue weighted by molar-refractivity contribution is 14.0. The van der Waals surface area contributed by atoms with E-state index in [2.05, 4.69) is 27.8 Å². The highest BCUT2D eigenvalue weighted by atomic mass is 127. The third kappa shape index (κ3) is 6.45. The average Bonchev–Trinajstić information content (AvgIpc) is 3.43. The Morgan fingerprint density at radius 1 is 1.06 bits per heavy atom. The number of carbonyl (C=O) groups excluding carboxylic acids is 3. The number of imide groups is 1. The fraction of sp³-hybridized carbons (Fsp3) is 0.739. The van der Waals surface area contributed by atoms with Crippen LogP contribution in [-0.2, 0) is 19.1 Å². The molecule has 4 atom stereocenters. The van der Waals surface area contributed by atoms with Crippen molar-refractivity contribution in [2.45, 2.75) is 52.4 Å². The number of esters is 1. The van der Waals surface area contributed by atoms with Gasteiger partial charge in [0, 0.05) is 32.6 Å². The van der Waals surface area contributed by atoms with Crippen molar-refractivity contribution in [1.29, 1.82) is 0 Å². The van der Waals surface area contributed by atoms with E-state index in [4.69, 9.17) is 4.74 Å². The van der Waals surface area contributed by atoms with Gasteiger partial charge in [0.05, 0.1) is 18.4 Å². The van der Waals surface area contributed by atoms with Gasteiger partial charge in [-0.15, -0.1) is 24.0 Å². The monoisotopic (exact) mass is 560 g/mol. The lowest BCUT2D eigenvalue weighted by Gasteiger charge is -2.18. The lowest BCUT2D eigenvalue weighted by atomic mass is 9.85. The topological polar surface area (TPSA) is 100 Å². The predicted molar refractivity (Wildman–Crippen MR) is 134 cm³/mol. The summed E-state index contributed by atoms with van der Waals surface area (Å²) in [6.45, 7) is 6.56. The van der Waals surface area contributed by atoms with Crippen LogP contribution in [0.25, 0.3) is 0 Å². The van der Waals surface area contributed by atoms with Crippen molar-refractivity contribution in [1.82, 2.24) is 15.5 Å². The van der Waals surface area contributed by atoms with Crippen LogP contribution in [0.2, 0.25) is 0 Å². The van der Waals surface area contributed by atoms with Crippen LogP contribution in [0.1, 0.15) is 52.4 Å². The summed E-state index contributed by atoms with van der Waals surface area (Å²) in [5.74, 6) is 0.816. The summed E-state index contributed by atoms with van der Waals surface area (Å²) in [6.07, 6.45) is 9.46. The summed E-state index contributed by atoms with van der Waals surface area (Å²) in [7, 11) is 0. The van der Waals surface area contributed by atoms with Crippen molar-refractivity contribution in [3.8, 4) is 0 Å². The molecule has 32 heavy (non-hydrogen) atoms. The fourth-order valence-electron chi connectivity index (χ4n) is 4.97. The molecule has 0 aromatic heterocycles. The van der Waals surface area contributed by atoms with E-state index in [-0.39, 0.29) is 65.4 Å². The molecule has 8 nitrogen and oxygen atoms in total. The van der Waals surface area contributed by atoms with Crippen LogP contribution < -0.4 is 10.6 Å². The molecule has 3 aliphatic rings. The van der Waals surface area contributed by atoms with E-state index in [1.807, 2.05) is 13.8 Å². The summed E-state index contributed by atoms with van der Waals surface area (Å²) in [6, 6.07) is 0. The number of rotatable bonds is 12. The lowest BCUT2D eigenvalue weighted by molar-refractivity contribution is -0.143. The van der Waals surface area contributed by atoms with Crippen LogP contribution in [-0.4, -0.2) is 61.4 Å². The number of unbranched alkanes of at least 4 members (excludes halogenated alkanes) is 3. The number of carbonyl (C=O) groups is 3. The zero-order valence-corrected chi connectivity index (χ0v) is 21.5. The van der Waals surface area contributed by atoms with Gasteiger partial charge in [0.1, 0.15) is 0 Å². The Morgan fingerprint density at radius 2 is 1.72 bits per heavy atom. The molecule has 1 aliphatic heterocycles. The number of nitrogens with one attached hydrogen (secondary N) is 2. The Kier molecular flexibility index (Phi) is 10.9. The molecule has 2 N–H and O–H groups in total. The minimum absolute atomic E-state index is 0. The Labute approximate surface area is 208 Å². The van der Waals surface area contributed by atoms with Gasteiger partial charge in [-0.1, -0.05) is 25.0 Å². The standard InChI is InChI=1S/C23H36N4O4.HI/c1-3-24-23(25-12-8-6-5-7-9-18(28)31-4-2)26-13-14-27-21(29)19-16-10-11-17(15-16)20(19)22(27)30;/h10-11,16-17,19-20H,3-9,12-15H2,1-2H3,(H2,24,25,26);1H. The molecule has 2 bridgehead atoms. The molecule has 0 radical (unpaired) electrons. The number of ether oxygens (including phenoxy) is 1. The van der Waals surface area contributed by atoms with Gasteiger partial charge in [-0.25, -0.2) is 0 Å². The maximum Gasteiger partial charge on any atom is 0.305 e. The van der Waals surface area contributed by atoms with Crippen LogP contribution in [0.3, 0.4) is 0 Å². The van der Waals surface area contributed by atoms with E-state index in [9.17, 15) is 14.4 Å². The van der Waals surface area contributed by atoms with Gasteiger partial charge in [0.15, 0.2) is 5.96 Å². The molecule has 0 spiro atoms. The second kappa shape index (κ2) is 13.2. The highest BCUT2D eigenvalue weighted by Crippen LogP contribution is 2.52. The third-order valence-corrected chi connectivity index (χ3v) is 6.40. The Hall–Kier alpha value is -1.65. The molecule has 2 fully saturated rings. The minimum atomic E-state index is -0.131. The van der Waals surface area contributed by atoms with Gasteiger partial charge in [-0.2, -0.15) is 0 Å². The first-order chi connectivity index (χ1) is 15.1. The molecule has 1 heterocycles. The normalized spacial score (nSPS) is 25.7. The molecule has 2 aliphatic carbocycles. The molecule has 180 valence electrons. The highest BCUT2D eigenvalue weighted by Gasteiger charge is 2.58. The van der Waals surface area contributed by atoms with Crippen LogP contribution in [0.15, 0.2) is 17.1 Å². The number of fused-ring (bicyclic) bond motifs is 5. The number of likely N-dealkylation sites (tertiary alicyclic amines) is 1. The SMILES string of the molecule is CCNC(=NCCCCCCC(=O)OCC)NCCN1C(=O)C2C3C=CC(C3)C2C1=O.I. The molecular formula is C23H37IN4O4. The Bertz CT molecular complexity index is 697. The van der Waals surface area contributed by atoms with Crippen molar-refractivity contribution in [2.75, 3.05) is 32.8 Å². The molecule has 9 heteroatoms. The zero-order chi connectivity index (χ0) is 22.2. The predicted octanol–water partition coefficient (Wildman–Crippen LogP) is 2.48. The maximum absolute atomic E-state index is 12.7. The number of aliphatic imine (C=N–C) groups is 1. The summed E-state index contributed by atoms with van der Waals surface area (Å²) >= 11 is 0. The number of nitrogens with zero attached hydrogens (tertiary/aromatic N) is 2. The van der Waals surface area contributed by atoms with Gasteiger partial charge in [-0.3, -0.25) is 24.3 Å². The number of amides is 2. The van der Waals surface area contributed by atoms with Crippen molar-refractivity contribution in [3.05, 3.63) is 12.2 Å². The summed E-state index contributed by atoms with van der Waals surface area (Å²) in [4.78, 5) is 42.8. The third-order valence-electron chi connectivity index (χ3n) is 6.40. The van der Waals surface area contributed by atoms with E-state index in [0.29, 0.717) is 38.6 Å². The van der Waals surface area contributed by atoms with Crippen molar-refractivity contribution in [3.63, 3.8) is 0 Å². The Morgan fingerprint density at radius 3 is 2.34 bits per heavy atom. The first-order valence-electron chi connectivity index (χ1n) is 11.8. The van der Waals surface area contributed by atoms with Crippen LogP contribution >= 0.6 is 24.0 Å². The van der Waals surface area contributed by atoms with Crippen molar-refractivity contribution >= 4 is 47.7 Å². The van der Waals surface area contributed by atoms with Crippen LogP contribution in [0.5, 0.6) is 0 Å². The second-order valence-corrected chi connectivity index (χ2v) is 8.48. The number of allylic oxidation sites excluding steroid dienone is 2. The molecule has 3 rings (SSSR count). The smallest absolute Gasteiger partial charge is 0.305 e. The largest absolute Gasteiger partial charge is 0.466 e. The maximum atomic E-state index is 12.7. The molecular weight excluding hydrogens is 523 g/mol. The van der Waals surface area contributed by atoms with Crippen LogP contribution in [0.4, 0.5) is 0 Å². The fourth-order valence-corrected chi connectivity index (χ4v) is 4.97. The minimum Gasteiger partial charge on any atom is -0.466 e. The van der Waals surface area contributed by atoms with Gasteiger partial charge >= 0.3 is 5.97 Å². The second-order valence-electron chi connectivity index (χ2n) is 8.48. The molecule has 4 unspecified atom stereocenters. The number of hydrogen-bond acceptors (Lipinski definition) is 5. The van der Waals surface area contributed by atoms with Gasteiger partial charge in [0.2, 0.25) is 11.8 Å². The Balaban J connectivity index is 0.00000363. The summed E-state index contributed by atoms with van der Waals surface area (Å²) in [5, 5.41) is 6.44. The molecule has 0 aromatic carbocycles. The number of hydrogen-bond donors (Lipinski definition) is 2. The quantitative estimate of drug-likeness (QED) is 0.0724. The van der Waals surface area contributed by atoms with Crippen molar-refractivity contribution < 1.29 is 19.1 Å². The van der Waals surface area contributed by atoms with Gasteiger partial charge in [0.25, 0.3) is 0 Å². The lowest BCUT2D eigenvalue weighted by Crippen LogP contribution is -2.43. The van der Waals surface area contributed by atoms with Crippen molar-refractivity contribution in [2.24, 2.45) is 28.7 Å². The zero-order valence-electron chi connectivity index (χ0n) is 19.2. The van der Waals surface area contributed by atoms with E-state index in [1.54, 1.807) is 0 Å². The molecule has 1 saturated carbocycles. The average molecular weight is 560 g/mol. The van der Waals surface area contributed by atoms with E-state index in [1.165, 1.54) is 4.90 Å². The van der Waals surface area contributed by atoms with Gasteiger partial charge < -0.3 is 15.4 Å². The van der Waals surface area contributed by atoms with Gasteiger partial charge in [-0.05, 0) is 44.9 Å². The van der Waals surface area contributed by atoms with E-state index in [0.717, 1.165) is 38.6 Å². The molecule has 2 amide bonds. The van der Waals surface area contributed by atoms with E-state index < -0.39 is 0 Å². The summed E-state index contributed by atoms with van der Waals surface area (Å²) < 4.78 is 4.92. The van der Waals surface area contributed by atoms with Crippen LogP contribution in [0, 0.1) is 23.7 Å². The molecule has 0 aromatic rings. The summed E-state index contributed by atoms with van der Waals surface area (Å²) in [5.41, 5.74) is 0. The first-order valence-corrected chi connectivity index (χ1v) is 11.8. The van der Waals surface area contributed by atoms with E-state index >= 15 is 0 Å². The first kappa shape index (κ1) is 26.6. The number of halogens is 1.